The molecular weight excluding hydrogens is 360 g/mol. The van der Waals surface area contributed by atoms with E-state index < -0.39 is 5.54 Å². The predicted molar refractivity (Wildman–Crippen MR) is 109 cm³/mol. The van der Waals surface area contributed by atoms with E-state index in [2.05, 4.69) is 22.1 Å². The molecule has 1 heterocycles. The monoisotopic (exact) mass is 388 g/mol. The van der Waals surface area contributed by atoms with Crippen LogP contribution in [0.4, 0.5) is 0 Å². The summed E-state index contributed by atoms with van der Waals surface area (Å²) in [5, 5.41) is 7.95. The fourth-order valence-electron chi connectivity index (χ4n) is 4.52. The molecule has 0 saturated heterocycles. The summed E-state index contributed by atoms with van der Waals surface area (Å²) in [6.45, 7) is 2.51. The van der Waals surface area contributed by atoms with Gasteiger partial charge in [-0.05, 0) is 56.7 Å². The van der Waals surface area contributed by atoms with Crippen LogP contribution >= 0.6 is 12.4 Å². The molecule has 0 spiro atoms. The first kappa shape index (κ1) is 19.9. The van der Waals surface area contributed by atoms with E-state index >= 15 is 0 Å². The van der Waals surface area contributed by atoms with Crippen molar-refractivity contribution < 1.29 is 4.79 Å². The number of nitrogens with one attached hydrogen (secondary N) is 1. The van der Waals surface area contributed by atoms with Gasteiger partial charge in [0.25, 0.3) is 0 Å². The van der Waals surface area contributed by atoms with Crippen molar-refractivity contribution >= 4 is 18.3 Å². The van der Waals surface area contributed by atoms with Crippen molar-refractivity contribution in [2.24, 2.45) is 11.7 Å². The second-order valence-electron chi connectivity index (χ2n) is 7.99. The minimum absolute atomic E-state index is 0. The molecule has 6 heteroatoms. The normalized spacial score (nSPS) is 24.1. The highest BCUT2D eigenvalue weighted by Gasteiger charge is 2.37. The van der Waals surface area contributed by atoms with E-state index in [-0.39, 0.29) is 24.2 Å². The molecule has 1 aromatic carbocycles. The van der Waals surface area contributed by atoms with Gasteiger partial charge in [0.05, 0.1) is 23.8 Å². The molecule has 0 bridgehead atoms. The van der Waals surface area contributed by atoms with Gasteiger partial charge in [-0.1, -0.05) is 31.0 Å². The fraction of sp³-hybridized carbons (Fsp3) is 0.524. The molecule has 2 unspecified atom stereocenters. The number of nitrogens with two attached hydrogens (primary N) is 1. The van der Waals surface area contributed by atoms with Crippen LogP contribution in [0.1, 0.15) is 56.0 Å². The van der Waals surface area contributed by atoms with Gasteiger partial charge in [-0.15, -0.1) is 12.4 Å². The maximum Gasteiger partial charge on any atom is 0.225 e. The van der Waals surface area contributed by atoms with Crippen molar-refractivity contribution in [3.05, 3.63) is 47.3 Å². The van der Waals surface area contributed by atoms with Gasteiger partial charge in [0.2, 0.25) is 5.91 Å². The van der Waals surface area contributed by atoms with Gasteiger partial charge < -0.3 is 11.1 Å². The third kappa shape index (κ3) is 3.90. The number of nitrogens with zero attached hydrogens (tertiary/aromatic N) is 2. The summed E-state index contributed by atoms with van der Waals surface area (Å²) in [5.41, 5.74) is 10.7. The number of fused-ring (bicyclic) bond motifs is 1. The molecule has 1 fully saturated rings. The first-order valence-electron chi connectivity index (χ1n) is 9.78. The summed E-state index contributed by atoms with van der Waals surface area (Å²) in [6, 6.07) is 10.2. The number of hydrogen-bond donors (Lipinski definition) is 2. The smallest absolute Gasteiger partial charge is 0.225 e. The molecule has 2 atom stereocenters. The van der Waals surface area contributed by atoms with E-state index in [9.17, 15) is 4.79 Å². The van der Waals surface area contributed by atoms with Crippen molar-refractivity contribution in [3.8, 4) is 5.69 Å². The average molecular weight is 389 g/mol. The highest BCUT2D eigenvalue weighted by molar-refractivity contribution is 5.85. The summed E-state index contributed by atoms with van der Waals surface area (Å²) in [7, 11) is 0. The molecule has 2 aliphatic rings. The van der Waals surface area contributed by atoms with Crippen LogP contribution in [0.15, 0.2) is 30.3 Å². The van der Waals surface area contributed by atoms with E-state index in [1.165, 1.54) is 11.3 Å². The Morgan fingerprint density at radius 3 is 2.78 bits per heavy atom. The maximum atomic E-state index is 12.7. The summed E-state index contributed by atoms with van der Waals surface area (Å²) >= 11 is 0. The minimum Gasteiger partial charge on any atom is -0.350 e. The zero-order valence-electron chi connectivity index (χ0n) is 15.9. The second kappa shape index (κ2) is 8.03. The lowest BCUT2D eigenvalue weighted by atomic mass is 9.74. The second-order valence-corrected chi connectivity index (χ2v) is 7.99. The standard InChI is InChI=1S/C21H28N4O.ClH/c1-21(22)13-6-5-11-17(21)20(26)23-14-18-16-10-7-12-19(16)25(24-18)15-8-3-2-4-9-15;/h2-4,8-9,17H,5-7,10-14,22H2,1H3,(H,23,26);1H. The zero-order valence-corrected chi connectivity index (χ0v) is 16.7. The number of amides is 1. The highest BCUT2D eigenvalue weighted by atomic mass is 35.5. The number of hydrogen-bond acceptors (Lipinski definition) is 3. The summed E-state index contributed by atoms with van der Waals surface area (Å²) in [4.78, 5) is 12.7. The SMILES string of the molecule is CC1(N)CCCCC1C(=O)NCc1nn(-c2ccccc2)c2c1CCC2.Cl. The Hall–Kier alpha value is -1.85. The Morgan fingerprint density at radius 2 is 2.04 bits per heavy atom. The lowest BCUT2D eigenvalue weighted by molar-refractivity contribution is -0.128. The van der Waals surface area contributed by atoms with Gasteiger partial charge in [-0.2, -0.15) is 5.10 Å². The quantitative estimate of drug-likeness (QED) is 0.843. The Kier molecular flexibility index (Phi) is 5.92. The maximum absolute atomic E-state index is 12.7. The zero-order chi connectivity index (χ0) is 18.1. The van der Waals surface area contributed by atoms with Gasteiger partial charge in [0.15, 0.2) is 0 Å². The van der Waals surface area contributed by atoms with Crippen LogP contribution in [0.25, 0.3) is 5.69 Å². The van der Waals surface area contributed by atoms with E-state index in [0.29, 0.717) is 6.54 Å². The molecular formula is C21H29ClN4O. The molecule has 0 radical (unpaired) electrons. The van der Waals surface area contributed by atoms with Crippen molar-refractivity contribution in [2.45, 2.75) is 64.0 Å². The molecule has 5 nitrogen and oxygen atoms in total. The van der Waals surface area contributed by atoms with Crippen molar-refractivity contribution in [2.75, 3.05) is 0 Å². The number of rotatable bonds is 4. The average Bonchev–Trinajstić information content (AvgIpc) is 3.23. The van der Waals surface area contributed by atoms with Crippen LogP contribution in [0.3, 0.4) is 0 Å². The van der Waals surface area contributed by atoms with Crippen LogP contribution in [-0.4, -0.2) is 21.2 Å². The van der Waals surface area contributed by atoms with Crippen molar-refractivity contribution in [1.82, 2.24) is 15.1 Å². The molecule has 2 aromatic rings. The Bertz CT molecular complexity index is 800. The molecule has 2 aliphatic carbocycles. The van der Waals surface area contributed by atoms with E-state index in [0.717, 1.165) is 56.3 Å². The molecule has 4 rings (SSSR count). The molecule has 1 saturated carbocycles. The first-order valence-corrected chi connectivity index (χ1v) is 9.78. The summed E-state index contributed by atoms with van der Waals surface area (Å²) in [5.74, 6) is -0.0174. The van der Waals surface area contributed by atoms with Crippen LogP contribution in [0.5, 0.6) is 0 Å². The minimum atomic E-state index is -0.395. The molecule has 27 heavy (non-hydrogen) atoms. The van der Waals surface area contributed by atoms with E-state index in [1.807, 2.05) is 25.1 Å². The van der Waals surface area contributed by atoms with Crippen LogP contribution in [0, 0.1) is 5.92 Å². The lowest BCUT2D eigenvalue weighted by Crippen LogP contribution is -2.52. The third-order valence-electron chi connectivity index (χ3n) is 6.02. The van der Waals surface area contributed by atoms with Crippen molar-refractivity contribution in [1.29, 1.82) is 0 Å². The number of carbonyl (C=O) groups excluding carboxylic acids is 1. The Labute approximate surface area is 167 Å². The molecule has 1 amide bonds. The number of aromatic nitrogens is 2. The number of halogens is 1. The van der Waals surface area contributed by atoms with Gasteiger partial charge >= 0.3 is 0 Å². The molecule has 0 aliphatic heterocycles. The van der Waals surface area contributed by atoms with Crippen molar-refractivity contribution in [3.63, 3.8) is 0 Å². The van der Waals surface area contributed by atoms with Crippen LogP contribution in [-0.2, 0) is 24.2 Å². The topological polar surface area (TPSA) is 72.9 Å². The molecule has 3 N–H and O–H groups in total. The van der Waals surface area contributed by atoms with Crippen LogP contribution < -0.4 is 11.1 Å². The van der Waals surface area contributed by atoms with Gasteiger partial charge in [0.1, 0.15) is 0 Å². The number of para-hydroxylation sites is 1. The Morgan fingerprint density at radius 1 is 1.26 bits per heavy atom. The number of carbonyl (C=O) groups is 1. The summed E-state index contributed by atoms with van der Waals surface area (Å²) < 4.78 is 2.05. The molecule has 1 aromatic heterocycles. The van der Waals surface area contributed by atoms with Gasteiger partial charge in [0, 0.05) is 11.2 Å². The molecule has 146 valence electrons. The number of benzene rings is 1. The van der Waals surface area contributed by atoms with Gasteiger partial charge in [-0.25, -0.2) is 4.68 Å². The summed E-state index contributed by atoms with van der Waals surface area (Å²) in [6.07, 6.45) is 7.26. The Balaban J connectivity index is 0.00000210. The highest BCUT2D eigenvalue weighted by Crippen LogP contribution is 2.32. The van der Waals surface area contributed by atoms with Gasteiger partial charge in [-0.3, -0.25) is 4.79 Å². The van der Waals surface area contributed by atoms with E-state index in [1.54, 1.807) is 0 Å². The first-order chi connectivity index (χ1) is 12.6. The lowest BCUT2D eigenvalue weighted by Gasteiger charge is -2.37. The third-order valence-corrected chi connectivity index (χ3v) is 6.02. The van der Waals surface area contributed by atoms with Crippen LogP contribution in [0.2, 0.25) is 0 Å². The largest absolute Gasteiger partial charge is 0.350 e. The fourth-order valence-corrected chi connectivity index (χ4v) is 4.52. The predicted octanol–water partition coefficient (Wildman–Crippen LogP) is 3.31. The van der Waals surface area contributed by atoms with E-state index in [4.69, 9.17) is 10.8 Å².